The second-order valence-electron chi connectivity index (χ2n) is 8.42. The summed E-state index contributed by atoms with van der Waals surface area (Å²) < 4.78 is 29.2. The van der Waals surface area contributed by atoms with Gasteiger partial charge in [-0.3, -0.25) is 0 Å². The van der Waals surface area contributed by atoms with Crippen molar-refractivity contribution in [3.8, 4) is 11.8 Å². The van der Waals surface area contributed by atoms with Crippen molar-refractivity contribution in [3.63, 3.8) is 0 Å². The number of hydrogen-bond donors (Lipinski definition) is 3. The molecule has 1 aliphatic carbocycles. The first-order valence-electron chi connectivity index (χ1n) is 10.3. The van der Waals surface area contributed by atoms with Gasteiger partial charge in [-0.25, -0.2) is 13.4 Å². The van der Waals surface area contributed by atoms with Crippen LogP contribution in [0.15, 0.2) is 51.6 Å². The van der Waals surface area contributed by atoms with Gasteiger partial charge in [-0.1, -0.05) is 12.8 Å². The van der Waals surface area contributed by atoms with Gasteiger partial charge >= 0.3 is 0 Å². The number of ether oxygens (including phenoxy) is 1. The van der Waals surface area contributed by atoms with Crippen LogP contribution in [0.25, 0.3) is 0 Å². The molecule has 9 heteroatoms. The largest absolute Gasteiger partial charge is 0.495 e. The van der Waals surface area contributed by atoms with Crippen LogP contribution in [0.1, 0.15) is 32.6 Å². The lowest BCUT2D eigenvalue weighted by Crippen LogP contribution is -2.48. The van der Waals surface area contributed by atoms with Crippen molar-refractivity contribution < 1.29 is 13.2 Å². The van der Waals surface area contributed by atoms with Gasteiger partial charge in [0.25, 0.3) is 0 Å². The van der Waals surface area contributed by atoms with Gasteiger partial charge in [0.15, 0.2) is 9.84 Å². The van der Waals surface area contributed by atoms with Gasteiger partial charge in [0.2, 0.25) is 0 Å². The van der Waals surface area contributed by atoms with Crippen molar-refractivity contribution in [2.45, 2.75) is 49.2 Å². The molecule has 8 nitrogen and oxygen atoms in total. The highest BCUT2D eigenvalue weighted by Crippen LogP contribution is 2.40. The number of hydrogen-bond acceptors (Lipinski definition) is 8. The summed E-state index contributed by atoms with van der Waals surface area (Å²) in [6, 6.07) is 7.39. The third-order valence-electron chi connectivity index (χ3n) is 6.07. The van der Waals surface area contributed by atoms with Crippen molar-refractivity contribution in [2.24, 2.45) is 10.9 Å². The summed E-state index contributed by atoms with van der Waals surface area (Å²) in [5, 5.41) is 19.8. The van der Waals surface area contributed by atoms with E-state index in [1.54, 1.807) is 18.3 Å². The van der Waals surface area contributed by atoms with Crippen molar-refractivity contribution in [3.05, 3.63) is 41.7 Å². The summed E-state index contributed by atoms with van der Waals surface area (Å²) >= 11 is 0. The third kappa shape index (κ3) is 4.12. The number of aliphatic imine (C=N–C) groups is 1. The van der Waals surface area contributed by atoms with Gasteiger partial charge < -0.3 is 20.7 Å². The van der Waals surface area contributed by atoms with E-state index in [0.717, 1.165) is 24.8 Å². The maximum Gasteiger partial charge on any atom is 0.175 e. The molecular formula is C22H27N5O3S. The van der Waals surface area contributed by atoms with E-state index < -0.39 is 15.5 Å². The lowest BCUT2D eigenvalue weighted by Gasteiger charge is -2.36. The molecule has 0 saturated heterocycles. The standard InChI is InChI=1S/C22H27N5O3S/c1-22-21(14(12-23)13-24-22)18(25-15-6-4-5-7-15)11-20(27-22)26-17-9-8-16(31(3,28)29)10-19(17)30-2/h8-11,13,15,21,24-25H,4-7H2,1-3H3,(H,26,27). The van der Waals surface area contributed by atoms with Crippen LogP contribution in [0.4, 0.5) is 5.69 Å². The van der Waals surface area contributed by atoms with Crippen LogP contribution >= 0.6 is 0 Å². The minimum atomic E-state index is -3.35. The summed E-state index contributed by atoms with van der Waals surface area (Å²) in [5.41, 5.74) is 1.52. The number of dihydropyridines is 1. The van der Waals surface area contributed by atoms with Gasteiger partial charge in [-0.2, -0.15) is 5.26 Å². The first kappa shape index (κ1) is 21.2. The molecule has 2 unspecified atom stereocenters. The average molecular weight is 442 g/mol. The highest BCUT2D eigenvalue weighted by molar-refractivity contribution is 7.90. The van der Waals surface area contributed by atoms with Crippen LogP contribution in [-0.4, -0.2) is 39.3 Å². The molecule has 1 saturated carbocycles. The van der Waals surface area contributed by atoms with Gasteiger partial charge in [0.1, 0.15) is 17.2 Å². The average Bonchev–Trinajstić information content (AvgIpc) is 3.34. The molecule has 0 spiro atoms. The molecule has 31 heavy (non-hydrogen) atoms. The summed E-state index contributed by atoms with van der Waals surface area (Å²) in [7, 11) is -1.85. The van der Waals surface area contributed by atoms with Crippen molar-refractivity contribution in [2.75, 3.05) is 18.7 Å². The Hall–Kier alpha value is -2.99. The SMILES string of the molecule is COc1cc(S(C)(=O)=O)ccc1NC1=NC2(C)NC=C(C#N)C2C(NC2CCCC2)=C1. The van der Waals surface area contributed by atoms with E-state index in [9.17, 15) is 13.7 Å². The first-order chi connectivity index (χ1) is 14.7. The maximum atomic E-state index is 11.9. The van der Waals surface area contributed by atoms with E-state index in [-0.39, 0.29) is 10.8 Å². The molecule has 2 atom stereocenters. The highest BCUT2D eigenvalue weighted by Gasteiger charge is 2.46. The lowest BCUT2D eigenvalue weighted by atomic mass is 9.85. The number of rotatable bonds is 5. The summed E-state index contributed by atoms with van der Waals surface area (Å²) in [4.78, 5) is 5.03. The molecule has 2 heterocycles. The number of benzene rings is 1. The quantitative estimate of drug-likeness (QED) is 0.643. The monoisotopic (exact) mass is 441 g/mol. The van der Waals surface area contributed by atoms with E-state index in [1.807, 2.05) is 13.0 Å². The van der Waals surface area contributed by atoms with Crippen molar-refractivity contribution >= 4 is 21.4 Å². The maximum absolute atomic E-state index is 11.9. The predicted molar refractivity (Wildman–Crippen MR) is 119 cm³/mol. The lowest BCUT2D eigenvalue weighted by molar-refractivity contribution is 0.346. The zero-order valence-corrected chi connectivity index (χ0v) is 18.7. The van der Waals surface area contributed by atoms with Gasteiger partial charge in [-0.15, -0.1) is 0 Å². The minimum absolute atomic E-state index is 0.182. The summed E-state index contributed by atoms with van der Waals surface area (Å²) in [6.45, 7) is 1.97. The van der Waals surface area contributed by atoms with E-state index in [1.165, 1.54) is 26.0 Å². The van der Waals surface area contributed by atoms with E-state index in [4.69, 9.17) is 9.73 Å². The van der Waals surface area contributed by atoms with E-state index in [0.29, 0.717) is 28.9 Å². The molecule has 0 bridgehead atoms. The molecule has 3 aliphatic rings. The molecule has 0 radical (unpaired) electrons. The molecular weight excluding hydrogens is 414 g/mol. The van der Waals surface area contributed by atoms with Crippen LogP contribution in [0.3, 0.4) is 0 Å². The second kappa shape index (κ2) is 7.93. The second-order valence-corrected chi connectivity index (χ2v) is 10.4. The molecule has 1 fully saturated rings. The zero-order valence-electron chi connectivity index (χ0n) is 17.9. The Balaban J connectivity index is 1.67. The summed E-state index contributed by atoms with van der Waals surface area (Å²) in [6.07, 6.45) is 9.47. The normalized spacial score (nSPS) is 25.5. The smallest absolute Gasteiger partial charge is 0.175 e. The topological polar surface area (TPSA) is 116 Å². The number of nitriles is 1. The van der Waals surface area contributed by atoms with Crippen LogP contribution in [-0.2, 0) is 9.84 Å². The number of nitrogens with zero attached hydrogens (tertiary/aromatic N) is 2. The highest BCUT2D eigenvalue weighted by atomic mass is 32.2. The Bertz CT molecular complexity index is 1130. The van der Waals surface area contributed by atoms with Crippen LogP contribution in [0.5, 0.6) is 5.75 Å². The van der Waals surface area contributed by atoms with E-state index >= 15 is 0 Å². The number of nitrogens with one attached hydrogen (secondary N) is 3. The molecule has 1 aromatic rings. The molecule has 0 aromatic heterocycles. The fourth-order valence-electron chi connectivity index (χ4n) is 4.51. The molecule has 0 amide bonds. The molecule has 2 aliphatic heterocycles. The fraction of sp³-hybridized carbons (Fsp3) is 0.455. The molecule has 4 rings (SSSR count). The fourth-order valence-corrected chi connectivity index (χ4v) is 5.15. The number of fused-ring (bicyclic) bond motifs is 1. The van der Waals surface area contributed by atoms with Crippen molar-refractivity contribution in [1.29, 1.82) is 5.26 Å². The molecule has 164 valence electrons. The molecule has 1 aromatic carbocycles. The Morgan fingerprint density at radius 2 is 2.06 bits per heavy atom. The first-order valence-corrected chi connectivity index (χ1v) is 12.2. The Labute approximate surface area is 183 Å². The minimum Gasteiger partial charge on any atom is -0.495 e. The van der Waals surface area contributed by atoms with Crippen LogP contribution in [0, 0.1) is 17.2 Å². The summed E-state index contributed by atoms with van der Waals surface area (Å²) in [5.74, 6) is 0.828. The van der Waals surface area contributed by atoms with Gasteiger partial charge in [0, 0.05) is 36.3 Å². The Morgan fingerprint density at radius 3 is 2.71 bits per heavy atom. The van der Waals surface area contributed by atoms with Crippen molar-refractivity contribution in [1.82, 2.24) is 10.6 Å². The van der Waals surface area contributed by atoms with Gasteiger partial charge in [0.05, 0.1) is 35.3 Å². The van der Waals surface area contributed by atoms with Crippen LogP contribution in [0.2, 0.25) is 0 Å². The van der Waals surface area contributed by atoms with Gasteiger partial charge in [-0.05, 0) is 31.9 Å². The number of anilines is 1. The van der Waals surface area contributed by atoms with E-state index in [2.05, 4.69) is 22.0 Å². The molecule has 3 N–H and O–H groups in total. The number of amidine groups is 1. The van der Waals surface area contributed by atoms with Crippen LogP contribution < -0.4 is 20.7 Å². The number of methoxy groups -OCH3 is 1. The third-order valence-corrected chi connectivity index (χ3v) is 7.18. The Kier molecular flexibility index (Phi) is 5.43. The zero-order chi connectivity index (χ0) is 22.2. The number of sulfone groups is 1. The Morgan fingerprint density at radius 1 is 1.32 bits per heavy atom. The predicted octanol–water partition coefficient (Wildman–Crippen LogP) is 2.68.